The van der Waals surface area contributed by atoms with Crippen LogP contribution in [0.4, 0.5) is 4.39 Å². The Balaban J connectivity index is 2.52. The molecule has 0 aromatic carbocycles. The summed E-state index contributed by atoms with van der Waals surface area (Å²) in [6, 6.07) is 0. The average molecular weight is 128 g/mol. The molecule has 1 heteroatoms. The normalized spacial score (nSPS) is 34.8. The summed E-state index contributed by atoms with van der Waals surface area (Å²) >= 11 is 0. The fourth-order valence-corrected chi connectivity index (χ4v) is 1.28. The van der Waals surface area contributed by atoms with E-state index in [1.807, 2.05) is 6.92 Å². The van der Waals surface area contributed by atoms with E-state index in [1.54, 1.807) is 0 Å². The predicted molar refractivity (Wildman–Crippen MR) is 37.1 cm³/mol. The van der Waals surface area contributed by atoms with E-state index >= 15 is 0 Å². The molecule has 0 saturated carbocycles. The first-order valence-electron chi connectivity index (χ1n) is 3.56. The van der Waals surface area contributed by atoms with Gasteiger partial charge in [-0.2, -0.15) is 0 Å². The standard InChI is InChI=1S/C8H13F/c1-3-7-4-6(2)8(9)5-7/h4,7-8H,3,5H2,1-2H3/t7-,8+/m1/s1. The summed E-state index contributed by atoms with van der Waals surface area (Å²) in [5.41, 5.74) is 0.932. The highest BCUT2D eigenvalue weighted by Gasteiger charge is 2.21. The van der Waals surface area contributed by atoms with Gasteiger partial charge in [0.15, 0.2) is 0 Å². The fourth-order valence-electron chi connectivity index (χ4n) is 1.28. The van der Waals surface area contributed by atoms with E-state index in [0.717, 1.165) is 18.4 Å². The molecule has 0 aromatic heterocycles. The lowest BCUT2D eigenvalue weighted by atomic mass is 10.1. The largest absolute Gasteiger partial charge is 0.243 e. The Hall–Kier alpha value is -0.330. The summed E-state index contributed by atoms with van der Waals surface area (Å²) in [4.78, 5) is 0. The Labute approximate surface area is 55.8 Å². The molecule has 0 nitrogen and oxygen atoms in total. The van der Waals surface area contributed by atoms with Crippen LogP contribution in [0.15, 0.2) is 11.6 Å². The Morgan fingerprint density at radius 2 is 2.44 bits per heavy atom. The van der Waals surface area contributed by atoms with Crippen molar-refractivity contribution in [3.8, 4) is 0 Å². The third kappa shape index (κ3) is 1.32. The summed E-state index contributed by atoms with van der Waals surface area (Å²) < 4.78 is 12.7. The van der Waals surface area contributed by atoms with Crippen LogP contribution in [0.3, 0.4) is 0 Å². The molecule has 0 bridgehead atoms. The SMILES string of the molecule is CC[C@@H]1C=C(C)[C@@H](F)C1. The molecule has 52 valence electrons. The molecule has 0 aliphatic heterocycles. The number of halogens is 1. The van der Waals surface area contributed by atoms with Crippen LogP contribution in [0, 0.1) is 5.92 Å². The lowest BCUT2D eigenvalue weighted by Crippen LogP contribution is -1.97. The molecule has 2 atom stereocenters. The molecule has 0 heterocycles. The van der Waals surface area contributed by atoms with Gasteiger partial charge in [-0.05, 0) is 31.3 Å². The van der Waals surface area contributed by atoms with Gasteiger partial charge in [-0.25, -0.2) is 4.39 Å². The third-order valence-corrected chi connectivity index (χ3v) is 2.03. The maximum absolute atomic E-state index is 12.7. The van der Waals surface area contributed by atoms with E-state index < -0.39 is 6.17 Å². The van der Waals surface area contributed by atoms with E-state index in [0.29, 0.717) is 5.92 Å². The summed E-state index contributed by atoms with van der Waals surface area (Å²) in [5.74, 6) is 0.514. The molecule has 0 N–H and O–H groups in total. The Bertz CT molecular complexity index is 127. The number of allylic oxidation sites excluding steroid dienone is 2. The summed E-state index contributed by atoms with van der Waals surface area (Å²) in [7, 11) is 0. The molecular weight excluding hydrogens is 115 g/mol. The second kappa shape index (κ2) is 2.51. The Morgan fingerprint density at radius 3 is 2.67 bits per heavy atom. The number of rotatable bonds is 1. The molecule has 0 saturated heterocycles. The van der Waals surface area contributed by atoms with Crippen molar-refractivity contribution in [2.24, 2.45) is 5.92 Å². The van der Waals surface area contributed by atoms with Crippen molar-refractivity contribution in [3.05, 3.63) is 11.6 Å². The van der Waals surface area contributed by atoms with Gasteiger partial charge in [0.1, 0.15) is 6.17 Å². The van der Waals surface area contributed by atoms with Gasteiger partial charge in [0.2, 0.25) is 0 Å². The minimum Gasteiger partial charge on any atom is -0.243 e. The van der Waals surface area contributed by atoms with Crippen molar-refractivity contribution < 1.29 is 4.39 Å². The van der Waals surface area contributed by atoms with Gasteiger partial charge in [-0.1, -0.05) is 13.0 Å². The van der Waals surface area contributed by atoms with Crippen molar-refractivity contribution >= 4 is 0 Å². The van der Waals surface area contributed by atoms with Crippen LogP contribution >= 0.6 is 0 Å². The monoisotopic (exact) mass is 128 g/mol. The second-order valence-corrected chi connectivity index (χ2v) is 2.78. The smallest absolute Gasteiger partial charge is 0.121 e. The molecule has 9 heavy (non-hydrogen) atoms. The average Bonchev–Trinajstić information content (AvgIpc) is 2.13. The van der Waals surface area contributed by atoms with Crippen LogP contribution in [0.5, 0.6) is 0 Å². The minimum atomic E-state index is -0.644. The first-order valence-corrected chi connectivity index (χ1v) is 3.56. The van der Waals surface area contributed by atoms with Crippen LogP contribution in [0.25, 0.3) is 0 Å². The van der Waals surface area contributed by atoms with Crippen LogP contribution < -0.4 is 0 Å². The molecule has 1 aliphatic carbocycles. The lowest BCUT2D eigenvalue weighted by Gasteiger charge is -2.01. The van der Waals surface area contributed by atoms with E-state index in [-0.39, 0.29) is 0 Å². The quantitative estimate of drug-likeness (QED) is 0.476. The summed E-state index contributed by atoms with van der Waals surface area (Å²) in [5, 5.41) is 0. The first kappa shape index (κ1) is 6.79. The van der Waals surface area contributed by atoms with E-state index in [1.165, 1.54) is 0 Å². The van der Waals surface area contributed by atoms with Gasteiger partial charge in [-0.15, -0.1) is 0 Å². The molecular formula is C8H13F. The van der Waals surface area contributed by atoms with Gasteiger partial charge in [0, 0.05) is 0 Å². The number of hydrogen-bond acceptors (Lipinski definition) is 0. The summed E-state index contributed by atoms with van der Waals surface area (Å²) in [6.07, 6.45) is 3.22. The van der Waals surface area contributed by atoms with E-state index in [4.69, 9.17) is 0 Å². The lowest BCUT2D eigenvalue weighted by molar-refractivity contribution is 0.350. The van der Waals surface area contributed by atoms with Gasteiger partial charge in [0.25, 0.3) is 0 Å². The highest BCUT2D eigenvalue weighted by Crippen LogP contribution is 2.28. The topological polar surface area (TPSA) is 0 Å². The zero-order chi connectivity index (χ0) is 6.85. The van der Waals surface area contributed by atoms with Crippen molar-refractivity contribution in [2.45, 2.75) is 32.9 Å². The van der Waals surface area contributed by atoms with Gasteiger partial charge < -0.3 is 0 Å². The van der Waals surface area contributed by atoms with Crippen LogP contribution in [-0.4, -0.2) is 6.17 Å². The molecule has 0 radical (unpaired) electrons. The molecule has 0 unspecified atom stereocenters. The maximum Gasteiger partial charge on any atom is 0.121 e. The van der Waals surface area contributed by atoms with Crippen molar-refractivity contribution in [2.75, 3.05) is 0 Å². The highest BCUT2D eigenvalue weighted by molar-refractivity contribution is 5.13. The van der Waals surface area contributed by atoms with Crippen LogP contribution in [0.1, 0.15) is 26.7 Å². The zero-order valence-corrected chi connectivity index (χ0v) is 6.02. The highest BCUT2D eigenvalue weighted by atomic mass is 19.1. The molecule has 1 rings (SSSR count). The Morgan fingerprint density at radius 1 is 1.78 bits per heavy atom. The summed E-state index contributed by atoms with van der Waals surface area (Å²) in [6.45, 7) is 3.98. The van der Waals surface area contributed by atoms with Crippen molar-refractivity contribution in [1.29, 1.82) is 0 Å². The van der Waals surface area contributed by atoms with Gasteiger partial charge >= 0.3 is 0 Å². The minimum absolute atomic E-state index is 0.514. The van der Waals surface area contributed by atoms with Crippen molar-refractivity contribution in [3.63, 3.8) is 0 Å². The number of alkyl halides is 1. The van der Waals surface area contributed by atoms with Crippen LogP contribution in [0.2, 0.25) is 0 Å². The molecule has 1 aliphatic rings. The zero-order valence-electron chi connectivity index (χ0n) is 6.02. The van der Waals surface area contributed by atoms with Crippen LogP contribution in [-0.2, 0) is 0 Å². The van der Waals surface area contributed by atoms with Gasteiger partial charge in [0.05, 0.1) is 0 Å². The van der Waals surface area contributed by atoms with Gasteiger partial charge in [-0.3, -0.25) is 0 Å². The second-order valence-electron chi connectivity index (χ2n) is 2.78. The third-order valence-electron chi connectivity index (χ3n) is 2.03. The first-order chi connectivity index (χ1) is 4.24. The molecule has 0 aromatic rings. The van der Waals surface area contributed by atoms with E-state index in [2.05, 4.69) is 13.0 Å². The fraction of sp³-hybridized carbons (Fsp3) is 0.750. The maximum atomic E-state index is 12.7. The predicted octanol–water partition coefficient (Wildman–Crippen LogP) is 2.70. The van der Waals surface area contributed by atoms with Crippen molar-refractivity contribution in [1.82, 2.24) is 0 Å². The number of hydrogen-bond donors (Lipinski definition) is 0. The van der Waals surface area contributed by atoms with E-state index in [9.17, 15) is 4.39 Å². The Kier molecular flexibility index (Phi) is 1.89. The molecule has 0 spiro atoms. The molecule has 0 amide bonds. The molecule has 0 fully saturated rings.